The molecule has 162 valence electrons. The summed E-state index contributed by atoms with van der Waals surface area (Å²) in [5.41, 5.74) is 2.18. The first-order chi connectivity index (χ1) is 15.1. The summed E-state index contributed by atoms with van der Waals surface area (Å²) in [6, 6.07) is 17.2. The van der Waals surface area contributed by atoms with Crippen molar-refractivity contribution in [2.75, 3.05) is 32.8 Å². The average molecular weight is 423 g/mol. The largest absolute Gasteiger partial charge is 0.365 e. The summed E-state index contributed by atoms with van der Waals surface area (Å²) in [5.74, 6) is -0.647. The predicted octanol–water partition coefficient (Wildman–Crippen LogP) is 0.663. The number of carbonyl (C=O) groups is 3. The van der Waals surface area contributed by atoms with Crippen LogP contribution in [0.2, 0.25) is 0 Å². The minimum absolute atomic E-state index is 0.00681. The van der Waals surface area contributed by atoms with Gasteiger partial charge in [-0.05, 0) is 18.6 Å². The average Bonchev–Trinajstić information content (AvgIpc) is 3.04. The van der Waals surface area contributed by atoms with Crippen molar-refractivity contribution in [1.29, 1.82) is 0 Å². The van der Waals surface area contributed by atoms with Crippen molar-refractivity contribution < 1.29 is 24.0 Å². The lowest BCUT2D eigenvalue weighted by Gasteiger charge is -2.30. The van der Waals surface area contributed by atoms with Crippen molar-refractivity contribution in [2.24, 2.45) is 0 Å². The van der Waals surface area contributed by atoms with Crippen LogP contribution in [0.15, 0.2) is 54.6 Å². The van der Waals surface area contributed by atoms with Gasteiger partial charge in [0.15, 0.2) is 0 Å². The first-order valence-electron chi connectivity index (χ1n) is 10.8. The summed E-state index contributed by atoms with van der Waals surface area (Å²) >= 11 is 0. The smallest absolute Gasteiger partial charge is 0.261 e. The van der Waals surface area contributed by atoms with E-state index in [0.29, 0.717) is 30.7 Å². The maximum atomic E-state index is 12.4. The quantitative estimate of drug-likeness (QED) is 0.613. The van der Waals surface area contributed by atoms with Gasteiger partial charge in [0.25, 0.3) is 11.8 Å². The summed E-state index contributed by atoms with van der Waals surface area (Å²) in [6.07, 6.45) is 0.696. The second-order valence-corrected chi connectivity index (χ2v) is 8.07. The van der Waals surface area contributed by atoms with Gasteiger partial charge < -0.3 is 15.0 Å². The number of carbonyl (C=O) groups excluding carboxylic acids is 3. The van der Waals surface area contributed by atoms with Crippen LogP contribution in [0.5, 0.6) is 0 Å². The molecular formula is C24H28N3O4+. The molecule has 2 atom stereocenters. The molecule has 0 aromatic heterocycles. The van der Waals surface area contributed by atoms with Crippen molar-refractivity contribution in [2.45, 2.75) is 25.5 Å². The van der Waals surface area contributed by atoms with Gasteiger partial charge in [0.1, 0.15) is 25.7 Å². The Bertz CT molecular complexity index is 912. The Morgan fingerprint density at radius 1 is 1.03 bits per heavy atom. The number of nitrogens with one attached hydrogen (secondary N) is 2. The third-order valence-corrected chi connectivity index (χ3v) is 5.81. The van der Waals surface area contributed by atoms with Crippen molar-refractivity contribution in [3.05, 3.63) is 71.3 Å². The third-order valence-electron chi connectivity index (χ3n) is 5.81. The third kappa shape index (κ3) is 5.18. The van der Waals surface area contributed by atoms with Gasteiger partial charge in [0, 0.05) is 25.1 Å². The fourth-order valence-electron chi connectivity index (χ4n) is 4.19. The number of nitrogens with zero attached hydrogens (tertiary/aromatic N) is 1. The van der Waals surface area contributed by atoms with E-state index < -0.39 is 0 Å². The molecule has 1 unspecified atom stereocenters. The first kappa shape index (κ1) is 21.2. The van der Waals surface area contributed by atoms with Crippen LogP contribution in [0.25, 0.3) is 0 Å². The molecule has 4 rings (SSSR count). The number of hydrogen-bond donors (Lipinski definition) is 2. The molecular weight excluding hydrogens is 394 g/mol. The highest BCUT2D eigenvalue weighted by Gasteiger charge is 2.34. The van der Waals surface area contributed by atoms with Crippen molar-refractivity contribution in [3.8, 4) is 0 Å². The Hall–Kier alpha value is -3.03. The molecule has 1 fully saturated rings. The van der Waals surface area contributed by atoms with Crippen LogP contribution >= 0.6 is 0 Å². The highest BCUT2D eigenvalue weighted by Crippen LogP contribution is 2.22. The van der Waals surface area contributed by atoms with Gasteiger partial charge >= 0.3 is 0 Å². The number of imide groups is 1. The summed E-state index contributed by atoms with van der Waals surface area (Å²) in [7, 11) is 0. The molecule has 3 amide bonds. The van der Waals surface area contributed by atoms with E-state index in [-0.39, 0.29) is 36.8 Å². The molecule has 0 spiro atoms. The molecule has 0 bridgehead atoms. The molecule has 31 heavy (non-hydrogen) atoms. The van der Waals surface area contributed by atoms with Crippen molar-refractivity contribution in [1.82, 2.24) is 10.2 Å². The van der Waals surface area contributed by atoms with E-state index >= 15 is 0 Å². The van der Waals surface area contributed by atoms with E-state index in [0.717, 1.165) is 19.6 Å². The monoisotopic (exact) mass is 422 g/mol. The lowest BCUT2D eigenvalue weighted by Crippen LogP contribution is -3.13. The van der Waals surface area contributed by atoms with E-state index in [2.05, 4.69) is 29.6 Å². The van der Waals surface area contributed by atoms with Gasteiger partial charge in [0.2, 0.25) is 5.91 Å². The molecule has 2 aromatic carbocycles. The normalized spacial score (nSPS) is 20.6. The lowest BCUT2D eigenvalue weighted by molar-refractivity contribution is -0.925. The maximum Gasteiger partial charge on any atom is 0.261 e. The summed E-state index contributed by atoms with van der Waals surface area (Å²) in [5, 5.41) is 2.94. The fourth-order valence-corrected chi connectivity index (χ4v) is 4.19. The van der Waals surface area contributed by atoms with Gasteiger partial charge in [-0.15, -0.1) is 0 Å². The first-order valence-corrected chi connectivity index (χ1v) is 10.8. The Kier molecular flexibility index (Phi) is 6.74. The van der Waals surface area contributed by atoms with E-state index in [9.17, 15) is 14.4 Å². The van der Waals surface area contributed by atoms with Gasteiger partial charge in [-0.3, -0.25) is 19.3 Å². The van der Waals surface area contributed by atoms with Gasteiger partial charge in [-0.2, -0.15) is 0 Å². The number of rotatable bonds is 8. The molecule has 7 heteroatoms. The lowest BCUT2D eigenvalue weighted by atomic mass is 10.1. The van der Waals surface area contributed by atoms with Crippen LogP contribution in [-0.2, 0) is 16.1 Å². The SMILES string of the molecule is O=C(CCCN1C(=O)c2ccccc2C1=O)NC[C@@H]1C[NH+](Cc2ccccc2)CCO1. The number of morpholine rings is 1. The van der Waals surface area contributed by atoms with Crippen LogP contribution in [0, 0.1) is 0 Å². The fraction of sp³-hybridized carbons (Fsp3) is 0.375. The Balaban J connectivity index is 1.17. The molecule has 2 aliphatic heterocycles. The maximum absolute atomic E-state index is 12.4. The minimum Gasteiger partial charge on any atom is -0.365 e. The summed E-state index contributed by atoms with van der Waals surface area (Å²) < 4.78 is 5.81. The topological polar surface area (TPSA) is 80.2 Å². The highest BCUT2D eigenvalue weighted by molar-refractivity contribution is 6.21. The van der Waals surface area contributed by atoms with Gasteiger partial charge in [-0.1, -0.05) is 42.5 Å². The predicted molar refractivity (Wildman–Crippen MR) is 115 cm³/mol. The second-order valence-electron chi connectivity index (χ2n) is 8.07. The summed E-state index contributed by atoms with van der Waals surface area (Å²) in [4.78, 5) is 39.7. The zero-order valence-corrected chi connectivity index (χ0v) is 17.5. The standard InChI is InChI=1S/C24H27N3O4/c28-22(11-6-12-27-23(29)20-9-4-5-10-21(20)24(27)30)25-15-19-17-26(13-14-31-19)16-18-7-2-1-3-8-18/h1-5,7-10,19H,6,11-17H2,(H,25,28)/p+1/t19-/m1/s1. The highest BCUT2D eigenvalue weighted by atomic mass is 16.5. The van der Waals surface area contributed by atoms with E-state index in [1.165, 1.54) is 15.4 Å². The Morgan fingerprint density at radius 3 is 2.42 bits per heavy atom. The molecule has 0 radical (unpaired) electrons. The van der Waals surface area contributed by atoms with Crippen LogP contribution in [0.3, 0.4) is 0 Å². The number of ether oxygens (including phenoxy) is 1. The number of benzene rings is 2. The zero-order chi connectivity index (χ0) is 21.6. The summed E-state index contributed by atoms with van der Waals surface area (Å²) in [6.45, 7) is 4.17. The van der Waals surface area contributed by atoms with Gasteiger partial charge in [-0.25, -0.2) is 0 Å². The number of fused-ring (bicyclic) bond motifs is 1. The van der Waals surface area contributed by atoms with E-state index in [1.807, 2.05) is 6.07 Å². The molecule has 2 heterocycles. The van der Waals surface area contributed by atoms with Crippen molar-refractivity contribution in [3.63, 3.8) is 0 Å². The molecule has 0 saturated carbocycles. The second kappa shape index (κ2) is 9.85. The number of amides is 3. The van der Waals surface area contributed by atoms with Crippen LogP contribution in [0.4, 0.5) is 0 Å². The van der Waals surface area contributed by atoms with Crippen LogP contribution < -0.4 is 10.2 Å². The molecule has 2 aromatic rings. The van der Waals surface area contributed by atoms with Gasteiger partial charge in [0.05, 0.1) is 17.7 Å². The van der Waals surface area contributed by atoms with E-state index in [4.69, 9.17) is 4.74 Å². The molecule has 2 aliphatic rings. The molecule has 1 saturated heterocycles. The minimum atomic E-state index is -0.280. The van der Waals surface area contributed by atoms with Crippen molar-refractivity contribution >= 4 is 17.7 Å². The van der Waals surface area contributed by atoms with Crippen LogP contribution in [-0.4, -0.2) is 61.5 Å². The number of hydrogen-bond acceptors (Lipinski definition) is 4. The Morgan fingerprint density at radius 2 is 1.71 bits per heavy atom. The number of quaternary nitrogens is 1. The molecule has 7 nitrogen and oxygen atoms in total. The van der Waals surface area contributed by atoms with Crippen LogP contribution in [0.1, 0.15) is 39.1 Å². The molecule has 0 aliphatic carbocycles. The Labute approximate surface area is 182 Å². The van der Waals surface area contributed by atoms with E-state index in [1.54, 1.807) is 24.3 Å². The zero-order valence-electron chi connectivity index (χ0n) is 17.5. The molecule has 2 N–H and O–H groups in total.